The summed E-state index contributed by atoms with van der Waals surface area (Å²) in [7, 11) is 0. The van der Waals surface area contributed by atoms with Crippen molar-refractivity contribution in [2.45, 2.75) is 88.9 Å². The van der Waals surface area contributed by atoms with Crippen LogP contribution in [0.2, 0.25) is 0 Å². The summed E-state index contributed by atoms with van der Waals surface area (Å²) in [5.74, 6) is 0.951. The Morgan fingerprint density at radius 1 is 0.655 bits per heavy atom. The average Bonchev–Trinajstić information content (AvgIpc) is 3.98. The quantitative estimate of drug-likeness (QED) is 0.169. The number of pyridine rings is 1. The van der Waals surface area contributed by atoms with Gasteiger partial charge in [0.05, 0.1) is 22.5 Å². The molecule has 7 aromatic rings. The maximum absolute atomic E-state index is 14.7. The van der Waals surface area contributed by atoms with Crippen molar-refractivity contribution in [1.82, 2.24) is 14.8 Å². The van der Waals surface area contributed by atoms with Crippen LogP contribution in [0.3, 0.4) is 0 Å². The summed E-state index contributed by atoms with van der Waals surface area (Å²) in [4.78, 5) is 5.13. The van der Waals surface area contributed by atoms with Gasteiger partial charge in [-0.3, -0.25) is 4.98 Å². The Bertz CT molecular complexity index is 2640. The van der Waals surface area contributed by atoms with Gasteiger partial charge >= 0.3 is 0 Å². The Labute approximate surface area is 339 Å². The predicted molar refractivity (Wildman–Crippen MR) is 227 cm³/mol. The van der Waals surface area contributed by atoms with Gasteiger partial charge in [-0.15, -0.1) is 0 Å². The highest BCUT2D eigenvalue weighted by Gasteiger charge is 2.48. The van der Waals surface area contributed by atoms with Crippen LogP contribution in [0.5, 0.6) is 11.5 Å². The number of fused-ring (bicyclic) bond motifs is 8. The van der Waals surface area contributed by atoms with Crippen LogP contribution in [0.25, 0.3) is 27.9 Å². The Morgan fingerprint density at radius 3 is 1.97 bits per heavy atom. The second-order valence-corrected chi connectivity index (χ2v) is 18.6. The molecule has 2 atom stereocenters. The zero-order valence-corrected chi connectivity index (χ0v) is 33.9. The van der Waals surface area contributed by atoms with Crippen molar-refractivity contribution in [3.8, 4) is 39.4 Å². The van der Waals surface area contributed by atoms with E-state index in [-0.39, 0.29) is 10.8 Å². The topological polar surface area (TPSA) is 39.9 Å². The highest BCUT2D eigenvalue weighted by atomic mass is 19.1. The van der Waals surface area contributed by atoms with Crippen LogP contribution in [0, 0.1) is 11.6 Å². The van der Waals surface area contributed by atoms with Crippen LogP contribution >= 0.6 is 0 Å². The molecule has 2 heterocycles. The fourth-order valence-corrected chi connectivity index (χ4v) is 9.84. The number of aromatic nitrogens is 3. The van der Waals surface area contributed by atoms with Gasteiger partial charge in [-0.05, 0) is 140 Å². The lowest BCUT2D eigenvalue weighted by Crippen LogP contribution is -2.30. The Hall–Kier alpha value is -5.88. The van der Waals surface area contributed by atoms with Gasteiger partial charge in [-0.1, -0.05) is 96.1 Å². The third kappa shape index (κ3) is 5.90. The predicted octanol–water partition coefficient (Wildman–Crippen LogP) is 13.3. The number of hydrogen-bond acceptors (Lipinski definition) is 3. The van der Waals surface area contributed by atoms with Crippen molar-refractivity contribution in [1.29, 1.82) is 0 Å². The zero-order chi connectivity index (χ0) is 40.1. The second kappa shape index (κ2) is 13.1. The maximum atomic E-state index is 14.7. The van der Waals surface area contributed by atoms with Crippen LogP contribution in [0.4, 0.5) is 8.78 Å². The first-order valence-corrected chi connectivity index (χ1v) is 20.5. The molecular formula is C52H47F2N3O. The van der Waals surface area contributed by atoms with Gasteiger partial charge < -0.3 is 4.74 Å². The summed E-state index contributed by atoms with van der Waals surface area (Å²) >= 11 is 0. The van der Waals surface area contributed by atoms with Gasteiger partial charge in [0.25, 0.3) is 0 Å². The van der Waals surface area contributed by atoms with E-state index in [0.717, 1.165) is 23.0 Å². The van der Waals surface area contributed by atoms with Crippen LogP contribution in [0.1, 0.15) is 117 Å². The summed E-state index contributed by atoms with van der Waals surface area (Å²) < 4.78 is 38.1. The van der Waals surface area contributed by atoms with Gasteiger partial charge in [0.1, 0.15) is 23.1 Å². The molecule has 1 fully saturated rings. The van der Waals surface area contributed by atoms with E-state index >= 15 is 0 Å². The lowest BCUT2D eigenvalue weighted by atomic mass is 9.68. The van der Waals surface area contributed by atoms with Gasteiger partial charge in [0.15, 0.2) is 0 Å². The first-order valence-electron chi connectivity index (χ1n) is 20.5. The molecule has 1 saturated carbocycles. The molecule has 0 amide bonds. The normalized spacial score (nSPS) is 17.6. The van der Waals surface area contributed by atoms with Crippen molar-refractivity contribution in [2.24, 2.45) is 0 Å². The lowest BCUT2D eigenvalue weighted by molar-refractivity contribution is 0.480. The molecular weight excluding hydrogens is 721 g/mol. The molecule has 2 aromatic heterocycles. The largest absolute Gasteiger partial charge is 0.457 e. The van der Waals surface area contributed by atoms with Crippen molar-refractivity contribution < 1.29 is 13.5 Å². The van der Waals surface area contributed by atoms with E-state index in [1.54, 1.807) is 0 Å². The van der Waals surface area contributed by atoms with Crippen molar-refractivity contribution in [2.75, 3.05) is 0 Å². The second-order valence-electron chi connectivity index (χ2n) is 18.6. The average molecular weight is 768 g/mol. The summed E-state index contributed by atoms with van der Waals surface area (Å²) in [6.45, 7) is 13.5. The third-order valence-corrected chi connectivity index (χ3v) is 12.8. The summed E-state index contributed by atoms with van der Waals surface area (Å²) in [5, 5.41) is 5.07. The Morgan fingerprint density at radius 2 is 1.33 bits per heavy atom. The zero-order valence-electron chi connectivity index (χ0n) is 33.9. The van der Waals surface area contributed by atoms with E-state index in [1.807, 2.05) is 41.2 Å². The van der Waals surface area contributed by atoms with Gasteiger partial charge in [-0.2, -0.15) is 5.10 Å². The van der Waals surface area contributed by atoms with E-state index in [4.69, 9.17) is 14.8 Å². The molecule has 0 spiro atoms. The number of hydrogen-bond donors (Lipinski definition) is 0. The van der Waals surface area contributed by atoms with E-state index < -0.39 is 17.0 Å². The van der Waals surface area contributed by atoms with Crippen molar-refractivity contribution >= 4 is 0 Å². The molecule has 0 radical (unpaired) electrons. The molecule has 290 valence electrons. The standard InChI is InChI=1S/C52H47F2N3O/c1-50(2,3)35-15-17-43-44-18-16-36(51(4,5)6)27-47(44)52(46(43)26-35,48-12-7-8-19-55-48)37-10-9-11-41(25-37)58-42-24-34(33-21-38(53)28-39(54)22-33)23-40(29-42)57-30-45-31-13-14-32(20-31)49(45)56-57/h7-12,15-19,21-32H,13-14,20H2,1-6H3/t31-,32+/m0/s1. The summed E-state index contributed by atoms with van der Waals surface area (Å²) in [6.07, 6.45) is 7.57. The van der Waals surface area contributed by atoms with E-state index in [9.17, 15) is 8.78 Å². The minimum atomic E-state index is -0.755. The fraction of sp³-hybridized carbons (Fsp3) is 0.269. The number of rotatable bonds is 6. The highest BCUT2D eigenvalue weighted by molar-refractivity contribution is 5.87. The molecule has 0 saturated heterocycles. The number of halogens is 2. The van der Waals surface area contributed by atoms with Crippen LogP contribution < -0.4 is 4.74 Å². The maximum Gasteiger partial charge on any atom is 0.130 e. The smallest absolute Gasteiger partial charge is 0.130 e. The van der Waals surface area contributed by atoms with Gasteiger partial charge in [0.2, 0.25) is 0 Å². The molecule has 10 rings (SSSR count). The lowest BCUT2D eigenvalue weighted by Gasteiger charge is -2.34. The molecule has 0 N–H and O–H groups in total. The SMILES string of the molecule is CC(C)(C)c1ccc2c(c1)C(c1cccc(Oc3cc(-c4cc(F)cc(F)c4)cc(-n4cc5c(n4)[C@@H]4CC[C@H]5C4)c3)c1)(c1ccccn1)c1cc(C(C)(C)C)ccc1-2. The molecule has 0 unspecified atom stereocenters. The molecule has 5 aromatic carbocycles. The molecule has 0 aliphatic heterocycles. The number of ether oxygens (including phenoxy) is 1. The molecule has 58 heavy (non-hydrogen) atoms. The Kier molecular flexibility index (Phi) is 8.22. The number of benzene rings is 5. The van der Waals surface area contributed by atoms with E-state index in [1.165, 1.54) is 76.0 Å². The molecule has 2 bridgehead atoms. The van der Waals surface area contributed by atoms with Crippen molar-refractivity contribution in [3.63, 3.8) is 0 Å². The number of nitrogens with zero attached hydrogens (tertiary/aromatic N) is 3. The highest BCUT2D eigenvalue weighted by Crippen LogP contribution is 2.57. The van der Waals surface area contributed by atoms with Crippen LogP contribution in [0.15, 0.2) is 128 Å². The van der Waals surface area contributed by atoms with Crippen molar-refractivity contribution in [3.05, 3.63) is 184 Å². The minimum Gasteiger partial charge on any atom is -0.457 e. The first-order chi connectivity index (χ1) is 27.8. The minimum absolute atomic E-state index is 0.0806. The molecule has 3 aliphatic rings. The summed E-state index contributed by atoms with van der Waals surface area (Å²) in [6, 6.07) is 37.8. The summed E-state index contributed by atoms with van der Waals surface area (Å²) in [5.41, 5.74) is 12.6. The van der Waals surface area contributed by atoms with Crippen LogP contribution in [-0.2, 0) is 16.2 Å². The van der Waals surface area contributed by atoms with E-state index in [0.29, 0.717) is 34.5 Å². The fourth-order valence-electron chi connectivity index (χ4n) is 9.84. The molecule has 3 aliphatic carbocycles. The molecule has 4 nitrogen and oxygen atoms in total. The molecule has 6 heteroatoms. The Balaban J connectivity index is 1.15. The third-order valence-electron chi connectivity index (χ3n) is 12.8. The van der Waals surface area contributed by atoms with Gasteiger partial charge in [0, 0.05) is 30.4 Å². The van der Waals surface area contributed by atoms with Crippen LogP contribution in [-0.4, -0.2) is 14.8 Å². The van der Waals surface area contributed by atoms with E-state index in [2.05, 4.69) is 114 Å². The monoisotopic (exact) mass is 767 g/mol. The van der Waals surface area contributed by atoms with Gasteiger partial charge in [-0.25, -0.2) is 13.5 Å². The first kappa shape index (κ1) is 36.5.